The molecule has 134 valence electrons. The molecule has 2 heterocycles. The molecule has 25 heavy (non-hydrogen) atoms. The van der Waals surface area contributed by atoms with Crippen LogP contribution in [0.25, 0.3) is 0 Å². The van der Waals surface area contributed by atoms with Crippen molar-refractivity contribution in [3.63, 3.8) is 0 Å². The smallest absolute Gasteiger partial charge is 0.222 e. The predicted octanol–water partition coefficient (Wildman–Crippen LogP) is 2.76. The van der Waals surface area contributed by atoms with Gasteiger partial charge in [0.2, 0.25) is 5.95 Å². The lowest BCUT2D eigenvalue weighted by Crippen LogP contribution is -2.32. The fraction of sp³-hybridized carbons (Fsp3) is 0.444. The molecule has 1 aromatic heterocycles. The monoisotopic (exact) mass is 361 g/mol. The first kappa shape index (κ1) is 17.9. The number of nitrogens with two attached hydrogens (primary N) is 2. The number of rotatable bonds is 3. The van der Waals surface area contributed by atoms with E-state index in [0.717, 1.165) is 41.2 Å². The molecular formula is C18H24ClN5O. The molecule has 4 N–H and O–H groups in total. The lowest BCUT2D eigenvalue weighted by Gasteiger charge is -2.32. The molecule has 1 saturated heterocycles. The van der Waals surface area contributed by atoms with Gasteiger partial charge in [0.15, 0.2) is 0 Å². The maximum absolute atomic E-state index is 6.58. The van der Waals surface area contributed by atoms with Crippen LogP contribution in [0.2, 0.25) is 5.02 Å². The number of nitrogen functional groups attached to an aromatic ring is 1. The summed E-state index contributed by atoms with van der Waals surface area (Å²) in [6.07, 6.45) is 0.909. The van der Waals surface area contributed by atoms with E-state index in [-0.39, 0.29) is 12.0 Å². The molecule has 3 rings (SSSR count). The number of ether oxygens (including phenoxy) is 1. The number of nitrogens with zero attached hydrogens (tertiary/aromatic N) is 3. The van der Waals surface area contributed by atoms with E-state index < -0.39 is 0 Å². The molecule has 0 bridgehead atoms. The van der Waals surface area contributed by atoms with Crippen LogP contribution in [0.1, 0.15) is 34.8 Å². The van der Waals surface area contributed by atoms with Crippen LogP contribution in [0.5, 0.6) is 0 Å². The number of hydrogen-bond acceptors (Lipinski definition) is 6. The van der Waals surface area contributed by atoms with E-state index in [1.165, 1.54) is 0 Å². The van der Waals surface area contributed by atoms with Gasteiger partial charge < -0.3 is 21.1 Å². The van der Waals surface area contributed by atoms with E-state index in [0.29, 0.717) is 24.8 Å². The van der Waals surface area contributed by atoms with Gasteiger partial charge >= 0.3 is 0 Å². The molecule has 7 heteroatoms. The Morgan fingerprint density at radius 3 is 2.80 bits per heavy atom. The zero-order valence-corrected chi connectivity index (χ0v) is 15.4. The largest absolute Gasteiger partial charge is 0.379 e. The second-order valence-electron chi connectivity index (χ2n) is 6.37. The van der Waals surface area contributed by atoms with E-state index in [1.54, 1.807) is 0 Å². The van der Waals surface area contributed by atoms with E-state index in [4.69, 9.17) is 27.8 Å². The maximum Gasteiger partial charge on any atom is 0.222 e. The predicted molar refractivity (Wildman–Crippen MR) is 101 cm³/mol. The maximum atomic E-state index is 6.58. The first-order valence-electron chi connectivity index (χ1n) is 8.44. The van der Waals surface area contributed by atoms with Crippen molar-refractivity contribution in [3.8, 4) is 0 Å². The molecule has 1 fully saturated rings. The number of aryl methyl sites for hydroxylation is 2. The Bertz CT molecular complexity index is 747. The van der Waals surface area contributed by atoms with E-state index in [1.807, 2.05) is 26.0 Å². The summed E-state index contributed by atoms with van der Waals surface area (Å²) in [5, 5.41) is 0.717. The zero-order chi connectivity index (χ0) is 18.0. The summed E-state index contributed by atoms with van der Waals surface area (Å²) in [4.78, 5) is 10.8. The van der Waals surface area contributed by atoms with Crippen molar-refractivity contribution in [2.45, 2.75) is 32.9 Å². The third-order valence-electron chi connectivity index (χ3n) is 4.53. The summed E-state index contributed by atoms with van der Waals surface area (Å²) in [5.74, 6) is 1.07. The molecule has 1 atom stereocenters. The van der Waals surface area contributed by atoms with Crippen LogP contribution >= 0.6 is 11.6 Å². The highest BCUT2D eigenvalue weighted by atomic mass is 35.5. The van der Waals surface area contributed by atoms with Crippen LogP contribution in [-0.4, -0.2) is 29.7 Å². The molecule has 1 aliphatic rings. The van der Waals surface area contributed by atoms with Crippen molar-refractivity contribution in [2.24, 2.45) is 5.73 Å². The first-order valence-corrected chi connectivity index (χ1v) is 8.82. The molecule has 2 aromatic rings. The minimum Gasteiger partial charge on any atom is -0.379 e. The molecule has 1 aliphatic heterocycles. The molecular weight excluding hydrogens is 338 g/mol. The van der Waals surface area contributed by atoms with Gasteiger partial charge in [-0.3, -0.25) is 0 Å². The minimum absolute atomic E-state index is 0.0467. The molecule has 0 unspecified atom stereocenters. The van der Waals surface area contributed by atoms with E-state index >= 15 is 0 Å². The molecule has 0 aliphatic carbocycles. The Kier molecular flexibility index (Phi) is 5.42. The van der Waals surface area contributed by atoms with Crippen LogP contribution in [0, 0.1) is 13.8 Å². The number of benzene rings is 1. The highest BCUT2D eigenvalue weighted by Gasteiger charge is 2.27. The van der Waals surface area contributed by atoms with Gasteiger partial charge in [-0.15, -0.1) is 0 Å². The summed E-state index contributed by atoms with van der Waals surface area (Å²) >= 11 is 6.58. The molecule has 0 saturated carbocycles. The molecule has 1 aromatic carbocycles. The zero-order valence-electron chi connectivity index (χ0n) is 14.6. The summed E-state index contributed by atoms with van der Waals surface area (Å²) in [5.41, 5.74) is 15.8. The number of hydrogen-bond donors (Lipinski definition) is 2. The first-order chi connectivity index (χ1) is 12.0. The summed E-state index contributed by atoms with van der Waals surface area (Å²) in [6, 6.07) is 5.96. The lowest BCUT2D eigenvalue weighted by molar-refractivity contribution is 0.134. The van der Waals surface area contributed by atoms with Crippen molar-refractivity contribution in [1.29, 1.82) is 0 Å². The average Bonchev–Trinajstić information content (AvgIpc) is 2.80. The SMILES string of the molecule is Cc1cc(N2CCCOC[C@@H]2c2cc(CN)c(C)cc2Cl)nc(N)n1. The lowest BCUT2D eigenvalue weighted by atomic mass is 9.99. The summed E-state index contributed by atoms with van der Waals surface area (Å²) in [6.45, 7) is 6.46. The molecule has 0 amide bonds. The van der Waals surface area contributed by atoms with Crippen molar-refractivity contribution in [1.82, 2.24) is 9.97 Å². The van der Waals surface area contributed by atoms with Gasteiger partial charge in [0.1, 0.15) is 5.82 Å². The Labute approximate surface area is 153 Å². The van der Waals surface area contributed by atoms with Crippen LogP contribution in [-0.2, 0) is 11.3 Å². The van der Waals surface area contributed by atoms with Gasteiger partial charge in [0.25, 0.3) is 0 Å². The number of aromatic nitrogens is 2. The molecule has 0 spiro atoms. The van der Waals surface area contributed by atoms with Gasteiger partial charge in [-0.1, -0.05) is 17.7 Å². The number of anilines is 2. The second kappa shape index (κ2) is 7.56. The van der Waals surface area contributed by atoms with Crippen LogP contribution in [0.15, 0.2) is 18.2 Å². The van der Waals surface area contributed by atoms with Gasteiger partial charge in [0, 0.05) is 36.5 Å². The van der Waals surface area contributed by atoms with E-state index in [9.17, 15) is 0 Å². The minimum atomic E-state index is -0.0467. The third-order valence-corrected chi connectivity index (χ3v) is 4.85. The van der Waals surface area contributed by atoms with Crippen LogP contribution in [0.3, 0.4) is 0 Å². The summed E-state index contributed by atoms with van der Waals surface area (Å²) < 4.78 is 5.83. The number of halogens is 1. The van der Waals surface area contributed by atoms with Crippen molar-refractivity contribution < 1.29 is 4.74 Å². The standard InChI is InChI=1S/C18H24ClN5O/c1-11-6-15(19)14(8-13(11)9-20)16-10-25-5-3-4-24(16)17-7-12(2)22-18(21)23-17/h6-8,16H,3-5,9-10,20H2,1-2H3,(H2,21,22,23)/t16-/m1/s1. The average molecular weight is 362 g/mol. The fourth-order valence-corrected chi connectivity index (χ4v) is 3.59. The van der Waals surface area contributed by atoms with Crippen LogP contribution in [0.4, 0.5) is 11.8 Å². The molecule has 6 nitrogen and oxygen atoms in total. The topological polar surface area (TPSA) is 90.3 Å². The van der Waals surface area contributed by atoms with Crippen molar-refractivity contribution in [2.75, 3.05) is 30.4 Å². The van der Waals surface area contributed by atoms with Gasteiger partial charge in [-0.2, -0.15) is 4.98 Å². The Morgan fingerprint density at radius 1 is 1.28 bits per heavy atom. The summed E-state index contributed by atoms with van der Waals surface area (Å²) in [7, 11) is 0. The Morgan fingerprint density at radius 2 is 2.08 bits per heavy atom. The second-order valence-corrected chi connectivity index (χ2v) is 6.77. The molecule has 0 radical (unpaired) electrons. The van der Waals surface area contributed by atoms with E-state index in [2.05, 4.69) is 20.9 Å². The Balaban J connectivity index is 2.07. The highest BCUT2D eigenvalue weighted by Crippen LogP contribution is 2.34. The van der Waals surface area contributed by atoms with Crippen LogP contribution < -0.4 is 16.4 Å². The van der Waals surface area contributed by atoms with Gasteiger partial charge in [-0.05, 0) is 43.0 Å². The van der Waals surface area contributed by atoms with Gasteiger partial charge in [0.05, 0.1) is 12.6 Å². The van der Waals surface area contributed by atoms with Gasteiger partial charge in [-0.25, -0.2) is 4.98 Å². The van der Waals surface area contributed by atoms with Crippen molar-refractivity contribution >= 4 is 23.4 Å². The Hall–Kier alpha value is -1.89. The quantitative estimate of drug-likeness (QED) is 0.873. The highest BCUT2D eigenvalue weighted by molar-refractivity contribution is 6.31. The normalized spacial score (nSPS) is 18.2. The fourth-order valence-electron chi connectivity index (χ4n) is 3.24. The van der Waals surface area contributed by atoms with Crippen molar-refractivity contribution in [3.05, 3.63) is 45.6 Å². The third kappa shape index (κ3) is 3.86.